The Morgan fingerprint density at radius 2 is 2.11 bits per heavy atom. The van der Waals surface area contributed by atoms with Crippen molar-refractivity contribution < 1.29 is 5.11 Å². The first kappa shape index (κ1) is 14.5. The van der Waals surface area contributed by atoms with Gasteiger partial charge in [-0.2, -0.15) is 0 Å². The molecule has 0 bridgehead atoms. The lowest BCUT2D eigenvalue weighted by molar-refractivity contribution is 0.0138. The minimum absolute atomic E-state index is 0.190. The van der Waals surface area contributed by atoms with E-state index in [9.17, 15) is 5.11 Å². The molecule has 3 nitrogen and oxygen atoms in total. The molecular weight excluding hydrogens is 236 g/mol. The summed E-state index contributed by atoms with van der Waals surface area (Å²) in [6.45, 7) is 5.21. The zero-order valence-electron chi connectivity index (χ0n) is 12.3. The topological polar surface area (TPSA) is 26.7 Å². The Morgan fingerprint density at radius 3 is 2.84 bits per heavy atom. The zero-order chi connectivity index (χ0) is 13.8. The van der Waals surface area contributed by atoms with Gasteiger partial charge in [0.25, 0.3) is 0 Å². The van der Waals surface area contributed by atoms with Gasteiger partial charge in [0.1, 0.15) is 0 Å². The van der Waals surface area contributed by atoms with Gasteiger partial charge in [0.15, 0.2) is 0 Å². The lowest BCUT2D eigenvalue weighted by atomic mass is 9.96. The predicted molar refractivity (Wildman–Crippen MR) is 79.3 cm³/mol. The standard InChI is InChI=1S/C16H26N2O/c1-4-6-13-7-5-8-14(11-13)16(19)15-12-17(2)9-10-18(15)3/h5,7-8,11,15-16,19H,4,6,9-10,12H2,1-3H3. The molecular formula is C16H26N2O. The zero-order valence-corrected chi connectivity index (χ0v) is 12.3. The van der Waals surface area contributed by atoms with Crippen molar-refractivity contribution in [2.24, 2.45) is 0 Å². The average Bonchev–Trinajstić information content (AvgIpc) is 2.41. The van der Waals surface area contributed by atoms with Crippen molar-refractivity contribution in [1.82, 2.24) is 9.80 Å². The summed E-state index contributed by atoms with van der Waals surface area (Å²) in [4.78, 5) is 4.57. The van der Waals surface area contributed by atoms with Crippen LogP contribution in [0.15, 0.2) is 24.3 Å². The molecule has 1 aromatic carbocycles. The summed E-state index contributed by atoms with van der Waals surface area (Å²) in [6.07, 6.45) is 1.83. The molecule has 1 aliphatic heterocycles. The predicted octanol–water partition coefficient (Wildman–Crippen LogP) is 1.92. The average molecular weight is 262 g/mol. The van der Waals surface area contributed by atoms with Crippen molar-refractivity contribution in [2.75, 3.05) is 33.7 Å². The van der Waals surface area contributed by atoms with E-state index in [0.29, 0.717) is 0 Å². The number of benzene rings is 1. The van der Waals surface area contributed by atoms with Gasteiger partial charge >= 0.3 is 0 Å². The number of piperazine rings is 1. The van der Waals surface area contributed by atoms with E-state index in [1.54, 1.807) is 0 Å². The van der Waals surface area contributed by atoms with Crippen LogP contribution in [0, 0.1) is 0 Å². The van der Waals surface area contributed by atoms with Crippen LogP contribution >= 0.6 is 0 Å². The molecule has 1 heterocycles. The molecule has 0 spiro atoms. The first-order valence-corrected chi connectivity index (χ1v) is 7.27. The van der Waals surface area contributed by atoms with Gasteiger partial charge in [0.05, 0.1) is 12.1 Å². The van der Waals surface area contributed by atoms with Crippen molar-refractivity contribution >= 4 is 0 Å². The van der Waals surface area contributed by atoms with Crippen molar-refractivity contribution in [2.45, 2.75) is 31.9 Å². The largest absolute Gasteiger partial charge is 0.387 e. The van der Waals surface area contributed by atoms with Gasteiger partial charge in [-0.1, -0.05) is 37.6 Å². The molecule has 1 aromatic rings. The van der Waals surface area contributed by atoms with E-state index in [1.165, 1.54) is 5.56 Å². The fraction of sp³-hybridized carbons (Fsp3) is 0.625. The van der Waals surface area contributed by atoms with Crippen LogP contribution in [-0.2, 0) is 6.42 Å². The minimum Gasteiger partial charge on any atom is -0.387 e. The molecule has 1 fully saturated rings. The van der Waals surface area contributed by atoms with Gasteiger partial charge in [0.2, 0.25) is 0 Å². The third kappa shape index (κ3) is 3.56. The number of aliphatic hydroxyl groups excluding tert-OH is 1. The number of hydrogen-bond donors (Lipinski definition) is 1. The van der Waals surface area contributed by atoms with E-state index in [1.807, 2.05) is 6.07 Å². The maximum atomic E-state index is 10.7. The first-order valence-electron chi connectivity index (χ1n) is 7.27. The highest BCUT2D eigenvalue weighted by molar-refractivity contribution is 5.26. The summed E-state index contributed by atoms with van der Waals surface area (Å²) in [5.41, 5.74) is 2.38. The second kappa shape index (κ2) is 6.51. The molecule has 0 aromatic heterocycles. The number of rotatable bonds is 4. The quantitative estimate of drug-likeness (QED) is 0.898. The monoisotopic (exact) mass is 262 g/mol. The van der Waals surface area contributed by atoms with Gasteiger partial charge in [0, 0.05) is 19.6 Å². The minimum atomic E-state index is -0.399. The number of aryl methyl sites for hydroxylation is 1. The highest BCUT2D eigenvalue weighted by Gasteiger charge is 2.29. The second-order valence-corrected chi connectivity index (χ2v) is 5.75. The van der Waals surface area contributed by atoms with Gasteiger partial charge in [-0.05, 0) is 31.6 Å². The molecule has 0 aliphatic carbocycles. The molecule has 0 amide bonds. The third-order valence-electron chi connectivity index (χ3n) is 4.10. The highest BCUT2D eigenvalue weighted by Crippen LogP contribution is 2.24. The molecule has 2 unspecified atom stereocenters. The smallest absolute Gasteiger partial charge is 0.0957 e. The van der Waals surface area contributed by atoms with E-state index in [-0.39, 0.29) is 6.04 Å². The van der Waals surface area contributed by atoms with Crippen LogP contribution in [0.1, 0.15) is 30.6 Å². The Kier molecular flexibility index (Phi) is 4.97. The van der Waals surface area contributed by atoms with Gasteiger partial charge in [-0.15, -0.1) is 0 Å². The third-order valence-corrected chi connectivity index (χ3v) is 4.10. The molecule has 0 radical (unpaired) electrons. The normalized spacial score (nSPS) is 23.5. The number of likely N-dealkylation sites (N-methyl/N-ethyl adjacent to an activating group) is 2. The summed E-state index contributed by atoms with van der Waals surface area (Å²) in [6, 6.07) is 8.62. The number of nitrogens with zero attached hydrogens (tertiary/aromatic N) is 2. The van der Waals surface area contributed by atoms with Gasteiger partial charge in [-0.25, -0.2) is 0 Å². The van der Waals surface area contributed by atoms with E-state index in [4.69, 9.17) is 0 Å². The molecule has 2 rings (SSSR count). The van der Waals surface area contributed by atoms with Crippen molar-refractivity contribution in [1.29, 1.82) is 0 Å². The fourth-order valence-corrected chi connectivity index (χ4v) is 2.83. The molecule has 2 atom stereocenters. The Labute approximate surface area is 116 Å². The fourth-order valence-electron chi connectivity index (χ4n) is 2.83. The Balaban J connectivity index is 2.13. The Morgan fingerprint density at radius 1 is 1.32 bits per heavy atom. The molecule has 1 N–H and O–H groups in total. The van der Waals surface area contributed by atoms with E-state index in [0.717, 1.165) is 38.0 Å². The van der Waals surface area contributed by atoms with E-state index in [2.05, 4.69) is 49.0 Å². The van der Waals surface area contributed by atoms with Crippen LogP contribution in [0.5, 0.6) is 0 Å². The summed E-state index contributed by atoms with van der Waals surface area (Å²) >= 11 is 0. The highest BCUT2D eigenvalue weighted by atomic mass is 16.3. The summed E-state index contributed by atoms with van der Waals surface area (Å²) < 4.78 is 0. The summed E-state index contributed by atoms with van der Waals surface area (Å²) in [5, 5.41) is 10.7. The summed E-state index contributed by atoms with van der Waals surface area (Å²) in [5.74, 6) is 0. The number of hydrogen-bond acceptors (Lipinski definition) is 3. The lowest BCUT2D eigenvalue weighted by Gasteiger charge is -2.40. The van der Waals surface area contributed by atoms with Crippen LogP contribution in [0.2, 0.25) is 0 Å². The van der Waals surface area contributed by atoms with Gasteiger partial charge < -0.3 is 10.0 Å². The number of aliphatic hydroxyl groups is 1. The van der Waals surface area contributed by atoms with Gasteiger partial charge in [-0.3, -0.25) is 4.90 Å². The Bertz CT molecular complexity index is 407. The lowest BCUT2D eigenvalue weighted by Crippen LogP contribution is -2.52. The van der Waals surface area contributed by atoms with Crippen LogP contribution in [-0.4, -0.2) is 54.7 Å². The Hall–Kier alpha value is -0.900. The van der Waals surface area contributed by atoms with Crippen molar-refractivity contribution in [3.05, 3.63) is 35.4 Å². The maximum Gasteiger partial charge on any atom is 0.0957 e. The first-order chi connectivity index (χ1) is 9.11. The van der Waals surface area contributed by atoms with Crippen molar-refractivity contribution in [3.8, 4) is 0 Å². The molecule has 0 saturated carbocycles. The molecule has 19 heavy (non-hydrogen) atoms. The molecule has 1 saturated heterocycles. The van der Waals surface area contributed by atoms with Crippen LogP contribution in [0.25, 0.3) is 0 Å². The molecule has 1 aliphatic rings. The van der Waals surface area contributed by atoms with Crippen LogP contribution in [0.3, 0.4) is 0 Å². The SMILES string of the molecule is CCCc1cccc(C(O)C2CN(C)CCN2C)c1. The van der Waals surface area contributed by atoms with Crippen LogP contribution in [0.4, 0.5) is 0 Å². The van der Waals surface area contributed by atoms with E-state index >= 15 is 0 Å². The van der Waals surface area contributed by atoms with E-state index < -0.39 is 6.10 Å². The molecule has 106 valence electrons. The summed E-state index contributed by atoms with van der Waals surface area (Å²) in [7, 11) is 4.23. The molecule has 3 heteroatoms. The second-order valence-electron chi connectivity index (χ2n) is 5.75. The van der Waals surface area contributed by atoms with Crippen molar-refractivity contribution in [3.63, 3.8) is 0 Å². The van der Waals surface area contributed by atoms with Crippen LogP contribution < -0.4 is 0 Å². The maximum absolute atomic E-state index is 10.7.